The molecule has 0 bridgehead atoms. The van der Waals surface area contributed by atoms with Crippen LogP contribution in [0.25, 0.3) is 22.3 Å². The Morgan fingerprint density at radius 2 is 2.00 bits per heavy atom. The van der Waals surface area contributed by atoms with Crippen LogP contribution in [0.2, 0.25) is 0 Å². The van der Waals surface area contributed by atoms with Gasteiger partial charge < -0.3 is 24.8 Å². The molecule has 6 rings (SSSR count). The van der Waals surface area contributed by atoms with Crippen molar-refractivity contribution in [2.45, 2.75) is 31.8 Å². The number of fused-ring (bicyclic) bond motifs is 2. The fourth-order valence-electron chi connectivity index (χ4n) is 5.47. The number of nitrogens with zero attached hydrogens (tertiary/aromatic N) is 5. The molecule has 4 aromatic heterocycles. The lowest BCUT2D eigenvalue weighted by Gasteiger charge is -2.25. The first-order valence-corrected chi connectivity index (χ1v) is 12.7. The van der Waals surface area contributed by atoms with E-state index in [-0.39, 0.29) is 5.91 Å². The van der Waals surface area contributed by atoms with Crippen LogP contribution in [0.4, 0.5) is 11.5 Å². The number of hydrogen-bond acceptors (Lipinski definition) is 7. The van der Waals surface area contributed by atoms with Crippen LogP contribution in [0.3, 0.4) is 0 Å². The molecule has 37 heavy (non-hydrogen) atoms. The maximum Gasteiger partial charge on any atom is 0.254 e. The minimum atomic E-state index is -0.105. The van der Waals surface area contributed by atoms with E-state index in [4.69, 9.17) is 14.7 Å². The number of ether oxygens (including phenoxy) is 1. The van der Waals surface area contributed by atoms with Crippen molar-refractivity contribution in [3.8, 4) is 11.3 Å². The number of aryl methyl sites for hydroxylation is 1. The summed E-state index contributed by atoms with van der Waals surface area (Å²) in [5.74, 6) is 1.06. The predicted octanol–water partition coefficient (Wildman–Crippen LogP) is 3.97. The molecule has 9 heteroatoms. The zero-order chi connectivity index (χ0) is 25.5. The maximum atomic E-state index is 13.0. The smallest absolute Gasteiger partial charge is 0.254 e. The highest BCUT2D eigenvalue weighted by Crippen LogP contribution is 2.36. The van der Waals surface area contributed by atoms with Crippen molar-refractivity contribution in [2.75, 3.05) is 32.6 Å². The summed E-state index contributed by atoms with van der Waals surface area (Å²) in [5, 5.41) is 7.40. The predicted molar refractivity (Wildman–Crippen MR) is 143 cm³/mol. The number of aromatic nitrogens is 4. The Kier molecular flexibility index (Phi) is 6.10. The highest BCUT2D eigenvalue weighted by atomic mass is 16.5. The molecule has 0 saturated carbocycles. The minimum Gasteiger partial charge on any atom is -0.381 e. The molecule has 9 nitrogen and oxygen atoms in total. The molecule has 1 fully saturated rings. The van der Waals surface area contributed by atoms with Gasteiger partial charge in [-0.25, -0.2) is 9.97 Å². The molecule has 6 heterocycles. The van der Waals surface area contributed by atoms with Gasteiger partial charge in [-0.1, -0.05) is 6.07 Å². The summed E-state index contributed by atoms with van der Waals surface area (Å²) < 4.78 is 7.56. The molecular formula is C28H31N7O2. The number of carbonyl (C=O) groups is 1. The van der Waals surface area contributed by atoms with Crippen LogP contribution in [-0.4, -0.2) is 57.6 Å². The van der Waals surface area contributed by atoms with Crippen molar-refractivity contribution < 1.29 is 9.53 Å². The van der Waals surface area contributed by atoms with Crippen LogP contribution in [0.5, 0.6) is 0 Å². The number of hydrogen-bond donors (Lipinski definition) is 2. The molecule has 0 aromatic carbocycles. The molecule has 1 amide bonds. The summed E-state index contributed by atoms with van der Waals surface area (Å²) in [6.07, 6.45) is 7.54. The van der Waals surface area contributed by atoms with Gasteiger partial charge in [0.15, 0.2) is 0 Å². The molecule has 190 valence electrons. The normalized spacial score (nSPS) is 15.8. The highest BCUT2D eigenvalue weighted by molar-refractivity contribution is 6.06. The average Bonchev–Trinajstić information content (AvgIpc) is 3.48. The van der Waals surface area contributed by atoms with Crippen LogP contribution >= 0.6 is 0 Å². The maximum absolute atomic E-state index is 13.0. The standard InChI is InChI=1S/C28H31N7O2/c1-34(2)16-23-18(17-8-12-37-13-9-17)4-5-24(33-23)32-22-15-30-26(21-14-31-28(36)25(21)22)19-6-10-29-27-20(19)7-11-35(27)3/h4-7,10-11,15,17H,8-9,12-14,16H2,1-3H3,(H,31,36)(H,32,33). The molecule has 1 saturated heterocycles. The summed E-state index contributed by atoms with van der Waals surface area (Å²) in [6, 6.07) is 8.19. The van der Waals surface area contributed by atoms with E-state index >= 15 is 0 Å². The van der Waals surface area contributed by atoms with E-state index in [1.165, 1.54) is 5.56 Å². The van der Waals surface area contributed by atoms with Crippen LogP contribution in [-0.2, 0) is 24.9 Å². The zero-order valence-corrected chi connectivity index (χ0v) is 21.4. The van der Waals surface area contributed by atoms with Gasteiger partial charge in [-0.3, -0.25) is 9.78 Å². The molecule has 0 atom stereocenters. The van der Waals surface area contributed by atoms with Crippen molar-refractivity contribution in [1.29, 1.82) is 0 Å². The van der Waals surface area contributed by atoms with E-state index in [2.05, 4.69) is 40.7 Å². The van der Waals surface area contributed by atoms with Crippen molar-refractivity contribution >= 4 is 28.4 Å². The van der Waals surface area contributed by atoms with Crippen molar-refractivity contribution in [2.24, 2.45) is 7.05 Å². The lowest BCUT2D eigenvalue weighted by Crippen LogP contribution is -2.20. The lowest BCUT2D eigenvalue weighted by atomic mass is 9.90. The summed E-state index contributed by atoms with van der Waals surface area (Å²) in [6.45, 7) is 2.76. The molecule has 2 N–H and O–H groups in total. The Bertz CT molecular complexity index is 1490. The van der Waals surface area contributed by atoms with Crippen molar-refractivity contribution in [1.82, 2.24) is 29.7 Å². The van der Waals surface area contributed by atoms with Gasteiger partial charge >= 0.3 is 0 Å². The van der Waals surface area contributed by atoms with E-state index in [0.717, 1.165) is 66.1 Å². The number of anilines is 2. The first-order chi connectivity index (χ1) is 18.0. The fraction of sp³-hybridized carbons (Fsp3) is 0.357. The van der Waals surface area contributed by atoms with E-state index in [1.807, 2.05) is 36.0 Å². The monoisotopic (exact) mass is 497 g/mol. The quantitative estimate of drug-likeness (QED) is 0.416. The molecule has 0 unspecified atom stereocenters. The van der Waals surface area contributed by atoms with Gasteiger partial charge in [0.1, 0.15) is 11.5 Å². The molecule has 4 aromatic rings. The number of rotatable bonds is 6. The fourth-order valence-corrected chi connectivity index (χ4v) is 5.47. The molecule has 0 spiro atoms. The lowest BCUT2D eigenvalue weighted by molar-refractivity contribution is 0.0849. The van der Waals surface area contributed by atoms with E-state index in [9.17, 15) is 4.79 Å². The van der Waals surface area contributed by atoms with Crippen molar-refractivity contribution in [3.63, 3.8) is 0 Å². The third-order valence-electron chi connectivity index (χ3n) is 7.25. The van der Waals surface area contributed by atoms with E-state index in [1.54, 1.807) is 12.4 Å². The Labute approximate surface area is 215 Å². The van der Waals surface area contributed by atoms with Gasteiger partial charge in [0, 0.05) is 62.3 Å². The molecule has 2 aliphatic heterocycles. The van der Waals surface area contributed by atoms with Gasteiger partial charge in [0.2, 0.25) is 0 Å². The van der Waals surface area contributed by atoms with Gasteiger partial charge in [-0.15, -0.1) is 0 Å². The largest absolute Gasteiger partial charge is 0.381 e. The van der Waals surface area contributed by atoms with Gasteiger partial charge in [0.05, 0.1) is 28.8 Å². The number of amides is 1. The SMILES string of the molecule is CN(C)Cc1nc(Nc2cnc(-c3ccnc4c3ccn4C)c3c2C(=O)NC3)ccc1C1CCOCC1. The van der Waals surface area contributed by atoms with Crippen LogP contribution in [0, 0.1) is 0 Å². The number of nitrogens with one attached hydrogen (secondary N) is 2. The van der Waals surface area contributed by atoms with Gasteiger partial charge in [0.25, 0.3) is 5.91 Å². The highest BCUT2D eigenvalue weighted by Gasteiger charge is 2.28. The summed E-state index contributed by atoms with van der Waals surface area (Å²) in [7, 11) is 6.08. The minimum absolute atomic E-state index is 0.105. The average molecular weight is 498 g/mol. The van der Waals surface area contributed by atoms with E-state index in [0.29, 0.717) is 29.5 Å². The third-order valence-corrected chi connectivity index (χ3v) is 7.25. The topological polar surface area (TPSA) is 97.2 Å². The number of carbonyl (C=O) groups excluding carboxylic acids is 1. The molecule has 0 radical (unpaired) electrons. The van der Waals surface area contributed by atoms with Crippen molar-refractivity contribution in [3.05, 3.63) is 65.2 Å². The Hall–Kier alpha value is -3.82. The summed E-state index contributed by atoms with van der Waals surface area (Å²) in [4.78, 5) is 29.4. The molecule has 0 aliphatic carbocycles. The second-order valence-corrected chi connectivity index (χ2v) is 10.1. The Morgan fingerprint density at radius 3 is 2.81 bits per heavy atom. The Balaban J connectivity index is 1.38. The third kappa shape index (κ3) is 4.34. The first-order valence-electron chi connectivity index (χ1n) is 12.7. The zero-order valence-electron chi connectivity index (χ0n) is 21.4. The van der Waals surface area contributed by atoms with Crippen LogP contribution < -0.4 is 10.6 Å². The summed E-state index contributed by atoms with van der Waals surface area (Å²) in [5.41, 5.74) is 7.16. The van der Waals surface area contributed by atoms with Gasteiger partial charge in [-0.05, 0) is 56.6 Å². The van der Waals surface area contributed by atoms with E-state index < -0.39 is 0 Å². The first kappa shape index (κ1) is 23.6. The van der Waals surface area contributed by atoms with Crippen LogP contribution in [0.15, 0.2) is 42.9 Å². The van der Waals surface area contributed by atoms with Crippen LogP contribution in [0.1, 0.15) is 45.9 Å². The van der Waals surface area contributed by atoms with Gasteiger partial charge in [-0.2, -0.15) is 0 Å². The molecule has 2 aliphatic rings. The molecular weight excluding hydrogens is 466 g/mol. The number of pyridine rings is 3. The summed E-state index contributed by atoms with van der Waals surface area (Å²) >= 11 is 0. The Morgan fingerprint density at radius 1 is 1.16 bits per heavy atom. The second kappa shape index (κ2) is 9.57. The second-order valence-electron chi connectivity index (χ2n) is 10.1.